The smallest absolute Gasteiger partial charge is 0.371 e. The Morgan fingerprint density at radius 1 is 0.609 bits per heavy atom. The summed E-state index contributed by atoms with van der Waals surface area (Å²) in [5.74, 6) is 1.77. The highest BCUT2D eigenvalue weighted by atomic mass is 28.3. The molecule has 5 aliphatic heterocycles. The van der Waals surface area contributed by atoms with Crippen LogP contribution in [0.5, 0.6) is 11.5 Å². The van der Waals surface area contributed by atoms with E-state index in [1.54, 1.807) is 0 Å². The predicted octanol–water partition coefficient (Wildman–Crippen LogP) is 4.39. The minimum absolute atomic E-state index is 0.360. The summed E-state index contributed by atoms with van der Waals surface area (Å²) in [6.45, 7) is 0. The Balaban J connectivity index is 1.37. The van der Waals surface area contributed by atoms with Gasteiger partial charge in [-0.3, -0.25) is 0 Å². The monoisotopic (exact) mass is 604 g/mol. The average Bonchev–Trinajstić information content (AvgIpc) is 3.72. The molecule has 5 aliphatic rings. The van der Waals surface area contributed by atoms with Gasteiger partial charge in [0.15, 0.2) is 25.5 Å². The number of nitrogens with zero attached hydrogens (tertiary/aromatic N) is 5. The van der Waals surface area contributed by atoms with Gasteiger partial charge in [0.05, 0.1) is 11.6 Å². The largest absolute Gasteiger partial charge is 0.444 e. The van der Waals surface area contributed by atoms with Crippen LogP contribution in [0.3, 0.4) is 0 Å². The quantitative estimate of drug-likeness (QED) is 0.146. The van der Waals surface area contributed by atoms with Crippen LogP contribution in [0.1, 0.15) is 0 Å². The second-order valence-corrected chi connectivity index (χ2v) is 16.6. The van der Waals surface area contributed by atoms with Crippen molar-refractivity contribution in [1.82, 2.24) is 14.3 Å². The Morgan fingerprint density at radius 3 is 2.22 bits per heavy atom. The first kappa shape index (κ1) is 22.6. The van der Waals surface area contributed by atoms with Crippen LogP contribution < -0.4 is 39.5 Å². The van der Waals surface area contributed by atoms with Crippen LogP contribution in [-0.2, 0) is 0 Å². The second kappa shape index (κ2) is 6.99. The second-order valence-electron chi connectivity index (χ2n) is 12.9. The van der Waals surface area contributed by atoms with E-state index in [1.165, 1.54) is 54.0 Å². The molecule has 0 N–H and O–H groups in total. The van der Waals surface area contributed by atoms with Gasteiger partial charge in [-0.05, 0) is 51.8 Å². The predicted molar refractivity (Wildman–Crippen MR) is 179 cm³/mol. The summed E-state index contributed by atoms with van der Waals surface area (Å²) in [6, 6.07) is 42.9. The van der Waals surface area contributed by atoms with Gasteiger partial charge < -0.3 is 4.74 Å². The molecule has 1 atom stereocenters. The highest BCUT2D eigenvalue weighted by Gasteiger charge is 2.71. The molecule has 0 fully saturated rings. The van der Waals surface area contributed by atoms with Crippen molar-refractivity contribution in [2.75, 3.05) is 0 Å². The first-order chi connectivity index (χ1) is 22.8. The molecule has 0 radical (unpaired) electrons. The van der Waals surface area contributed by atoms with Crippen molar-refractivity contribution in [3.63, 3.8) is 0 Å². The summed E-state index contributed by atoms with van der Waals surface area (Å²) in [6.07, 6.45) is 6.37. The molecule has 7 heteroatoms. The molecule has 3 aromatic heterocycles. The van der Waals surface area contributed by atoms with E-state index in [4.69, 9.17) is 9.72 Å². The van der Waals surface area contributed by atoms with E-state index >= 15 is 0 Å². The molecule has 210 valence electrons. The zero-order valence-corrected chi connectivity index (χ0v) is 25.3. The lowest BCUT2D eigenvalue weighted by Gasteiger charge is -2.38. The van der Waals surface area contributed by atoms with E-state index in [0.29, 0.717) is 4.70 Å². The van der Waals surface area contributed by atoms with Gasteiger partial charge in [0, 0.05) is 31.9 Å². The molecule has 13 rings (SSSR count). The molecule has 5 aromatic carbocycles. The van der Waals surface area contributed by atoms with Crippen LogP contribution in [0.25, 0.3) is 50.1 Å². The standard InChI is InChI=1S/C39H22N5OSi/c1-3-15-30-23(9-1)24-10-2-4-16-31(24)46(30)32-17-8-12-26-34-39-42(22-20-40-34)44-37-25(27-13-5-6-21-41(27)44)11-7-14-28(37)45-29-18-19-33(46)36(38(29)44)43(39)35(26)32/h1-22H/q+3. The molecule has 8 heterocycles. The SMILES string of the molecule is c1ccc2c(c1)-c1ccccc1[Si]21c2ccc3c4c2-n2c5c1cccc5c1ncc[n+](c12)[N+]41c2c(cccc2-c2cccc[n+]21)O3. The highest BCUT2D eigenvalue weighted by Crippen LogP contribution is 2.59. The van der Waals surface area contributed by atoms with Crippen LogP contribution in [0.2, 0.25) is 0 Å². The Kier molecular flexibility index (Phi) is 3.43. The van der Waals surface area contributed by atoms with Crippen molar-refractivity contribution >= 4 is 62.3 Å². The molecule has 1 unspecified atom stereocenters. The van der Waals surface area contributed by atoms with Crippen LogP contribution >= 0.6 is 0 Å². The summed E-state index contributed by atoms with van der Waals surface area (Å²) in [5.41, 5.74) is 12.0. The molecule has 0 bridgehead atoms. The van der Waals surface area contributed by atoms with Crippen LogP contribution in [0.15, 0.2) is 134 Å². The van der Waals surface area contributed by atoms with E-state index in [1.807, 2.05) is 6.20 Å². The summed E-state index contributed by atoms with van der Waals surface area (Å²) in [4.78, 5) is 5.14. The molecule has 0 aliphatic carbocycles. The number of pyridine rings is 1. The molecule has 0 saturated carbocycles. The average molecular weight is 605 g/mol. The lowest BCUT2D eigenvalue weighted by atomic mass is 10.1. The van der Waals surface area contributed by atoms with Crippen molar-refractivity contribution in [2.45, 2.75) is 0 Å². The topological polar surface area (TPSA) is 34.8 Å². The maximum Gasteiger partial charge on any atom is 0.371 e. The van der Waals surface area contributed by atoms with Gasteiger partial charge in [-0.15, -0.1) is 0 Å². The van der Waals surface area contributed by atoms with Crippen molar-refractivity contribution in [1.29, 1.82) is 0 Å². The van der Waals surface area contributed by atoms with Crippen molar-refractivity contribution in [3.05, 3.63) is 134 Å². The lowest BCUT2D eigenvalue weighted by molar-refractivity contribution is -1.02. The zero-order valence-electron chi connectivity index (χ0n) is 24.3. The van der Waals surface area contributed by atoms with Gasteiger partial charge in [0.25, 0.3) is 11.4 Å². The Morgan fingerprint density at radius 2 is 1.35 bits per heavy atom. The Bertz CT molecular complexity index is 2750. The fourth-order valence-electron chi connectivity index (χ4n) is 9.87. The summed E-state index contributed by atoms with van der Waals surface area (Å²) < 4.78 is 14.7. The number of para-hydroxylation sites is 2. The third kappa shape index (κ3) is 2.00. The van der Waals surface area contributed by atoms with Gasteiger partial charge in [-0.1, -0.05) is 72.8 Å². The normalized spacial score (nSPS) is 18.4. The molecular weight excluding hydrogens is 583 g/mol. The lowest BCUT2D eigenvalue weighted by Crippen LogP contribution is -2.85. The third-order valence-corrected chi connectivity index (χ3v) is 16.2. The summed E-state index contributed by atoms with van der Waals surface area (Å²) in [7, 11) is -2.78. The number of hydrogen-bond donors (Lipinski definition) is 0. The number of quaternary nitrogens is 1. The third-order valence-electron chi connectivity index (χ3n) is 11.2. The number of ether oxygens (including phenoxy) is 1. The molecular formula is C39H22N5OSi+3. The van der Waals surface area contributed by atoms with Crippen molar-refractivity contribution < 1.29 is 14.1 Å². The number of benzene rings is 5. The van der Waals surface area contributed by atoms with Gasteiger partial charge in [-0.25, -0.2) is 4.98 Å². The van der Waals surface area contributed by atoms with E-state index in [-0.39, 0.29) is 0 Å². The van der Waals surface area contributed by atoms with E-state index in [0.717, 1.165) is 39.7 Å². The van der Waals surface area contributed by atoms with Gasteiger partial charge in [-0.2, -0.15) is 4.57 Å². The molecule has 0 amide bonds. The van der Waals surface area contributed by atoms with Crippen LogP contribution in [-0.4, -0.2) is 17.6 Å². The van der Waals surface area contributed by atoms with Gasteiger partial charge >= 0.3 is 11.3 Å². The number of aromatic nitrogens is 4. The van der Waals surface area contributed by atoms with E-state index < -0.39 is 8.07 Å². The zero-order chi connectivity index (χ0) is 29.5. The number of hydrogen-bond acceptors (Lipinski definition) is 2. The highest BCUT2D eigenvalue weighted by molar-refractivity contribution is 7.23. The van der Waals surface area contributed by atoms with Gasteiger partial charge in [0.2, 0.25) is 17.6 Å². The van der Waals surface area contributed by atoms with E-state index in [9.17, 15) is 0 Å². The Labute approximate surface area is 263 Å². The minimum Gasteiger partial charge on any atom is -0.444 e. The number of rotatable bonds is 0. The minimum atomic E-state index is -2.78. The fourth-order valence-corrected chi connectivity index (χ4v) is 15.4. The van der Waals surface area contributed by atoms with Crippen LogP contribution in [0.4, 0.5) is 11.4 Å². The van der Waals surface area contributed by atoms with Crippen LogP contribution in [0, 0.1) is 0 Å². The Hall–Kier alpha value is -5.89. The molecule has 46 heavy (non-hydrogen) atoms. The van der Waals surface area contributed by atoms with Crippen molar-refractivity contribution in [3.8, 4) is 39.6 Å². The summed E-state index contributed by atoms with van der Waals surface area (Å²) >= 11 is 0. The van der Waals surface area contributed by atoms with Crippen molar-refractivity contribution in [2.24, 2.45) is 0 Å². The first-order valence-electron chi connectivity index (χ1n) is 15.8. The van der Waals surface area contributed by atoms with E-state index in [2.05, 4.69) is 142 Å². The number of fused-ring (bicyclic) bond motifs is 10. The molecule has 0 saturated heterocycles. The van der Waals surface area contributed by atoms with Gasteiger partial charge in [0.1, 0.15) is 15.8 Å². The fraction of sp³-hybridized carbons (Fsp3) is 0. The molecule has 8 aromatic rings. The first-order valence-corrected chi connectivity index (χ1v) is 17.8. The molecule has 6 nitrogen and oxygen atoms in total. The summed E-state index contributed by atoms with van der Waals surface area (Å²) in [5, 5.41) is 6.95. The molecule has 2 spiro atoms. The maximum absolute atomic E-state index is 6.95. The maximum atomic E-state index is 6.95.